The summed E-state index contributed by atoms with van der Waals surface area (Å²) in [6.07, 6.45) is 1.00. The van der Waals surface area contributed by atoms with Crippen LogP contribution in [0, 0.1) is 6.92 Å². The topological polar surface area (TPSA) is 78.9 Å². The lowest BCUT2D eigenvalue weighted by Crippen LogP contribution is -2.04. The second-order valence-electron chi connectivity index (χ2n) is 6.56. The van der Waals surface area contributed by atoms with E-state index in [2.05, 4.69) is 40.3 Å². The Labute approximate surface area is 187 Å². The van der Waals surface area contributed by atoms with E-state index in [1.165, 1.54) is 22.2 Å². The molecular formula is C20H20ClN5O2S2. The second-order valence-corrected chi connectivity index (χ2v) is 9.08. The predicted octanol–water partition coefficient (Wildman–Crippen LogP) is 5.32. The molecule has 7 nitrogen and oxygen atoms in total. The van der Waals surface area contributed by atoms with E-state index in [-0.39, 0.29) is 0 Å². The molecule has 0 amide bonds. The fourth-order valence-electron chi connectivity index (χ4n) is 2.79. The minimum absolute atomic E-state index is 0.313. The highest BCUT2D eigenvalue weighted by atomic mass is 35.5. The van der Waals surface area contributed by atoms with Crippen LogP contribution in [0.2, 0.25) is 5.02 Å². The quantitative estimate of drug-likeness (QED) is 0.328. The molecule has 156 valence electrons. The Kier molecular flexibility index (Phi) is 6.40. The van der Waals surface area contributed by atoms with Crippen molar-refractivity contribution >= 4 is 34.7 Å². The summed E-state index contributed by atoms with van der Waals surface area (Å²) in [6.45, 7) is 4.57. The summed E-state index contributed by atoms with van der Waals surface area (Å²) >= 11 is 9.08. The molecule has 0 aliphatic heterocycles. The number of thiophene rings is 1. The van der Waals surface area contributed by atoms with E-state index in [0.717, 1.165) is 28.0 Å². The molecule has 4 aromatic rings. The van der Waals surface area contributed by atoms with Gasteiger partial charge in [-0.1, -0.05) is 30.3 Å². The Hall–Kier alpha value is -2.36. The Bertz CT molecular complexity index is 1140. The molecule has 0 N–H and O–H groups in total. The van der Waals surface area contributed by atoms with E-state index in [1.54, 1.807) is 23.5 Å². The molecule has 0 atom stereocenters. The highest BCUT2D eigenvalue weighted by molar-refractivity contribution is 7.98. The van der Waals surface area contributed by atoms with E-state index < -0.39 is 0 Å². The van der Waals surface area contributed by atoms with Crippen LogP contribution in [-0.2, 0) is 25.8 Å². The zero-order valence-corrected chi connectivity index (χ0v) is 19.1. The summed E-state index contributed by atoms with van der Waals surface area (Å²) in [6, 6.07) is 9.31. The van der Waals surface area contributed by atoms with Gasteiger partial charge in [-0.15, -0.1) is 31.7 Å². The predicted molar refractivity (Wildman–Crippen MR) is 118 cm³/mol. The van der Waals surface area contributed by atoms with Crippen LogP contribution in [0.1, 0.15) is 29.1 Å². The molecule has 0 unspecified atom stereocenters. The molecule has 3 aromatic heterocycles. The second kappa shape index (κ2) is 9.20. The number of hydrogen-bond acceptors (Lipinski definition) is 8. The first-order chi connectivity index (χ1) is 14.5. The van der Waals surface area contributed by atoms with Crippen LogP contribution < -0.4 is 4.74 Å². The zero-order chi connectivity index (χ0) is 21.1. The number of aryl methyl sites for hydroxylation is 2. The van der Waals surface area contributed by atoms with Crippen LogP contribution in [0.25, 0.3) is 10.8 Å². The van der Waals surface area contributed by atoms with Gasteiger partial charge in [-0.25, -0.2) is 0 Å². The summed E-state index contributed by atoms with van der Waals surface area (Å²) in [4.78, 5) is 2.35. The van der Waals surface area contributed by atoms with Crippen molar-refractivity contribution in [3.05, 3.63) is 57.5 Å². The van der Waals surface area contributed by atoms with Crippen molar-refractivity contribution in [2.24, 2.45) is 7.05 Å². The molecule has 10 heteroatoms. The summed E-state index contributed by atoms with van der Waals surface area (Å²) < 4.78 is 13.5. The van der Waals surface area contributed by atoms with Crippen LogP contribution in [0.3, 0.4) is 0 Å². The third-order valence-electron chi connectivity index (χ3n) is 4.45. The first-order valence-corrected chi connectivity index (χ1v) is 11.5. The minimum atomic E-state index is 0.313. The van der Waals surface area contributed by atoms with E-state index in [0.29, 0.717) is 29.2 Å². The molecule has 0 fully saturated rings. The average Bonchev–Trinajstić information content (AvgIpc) is 3.45. The molecular weight excluding hydrogens is 442 g/mol. The van der Waals surface area contributed by atoms with Gasteiger partial charge in [0.15, 0.2) is 11.0 Å². The number of nitrogens with zero attached hydrogens (tertiary/aromatic N) is 5. The van der Waals surface area contributed by atoms with Gasteiger partial charge in [-0.05, 0) is 49.2 Å². The maximum atomic E-state index is 5.89. The molecule has 0 spiro atoms. The number of hydrogen-bond donors (Lipinski definition) is 0. The summed E-state index contributed by atoms with van der Waals surface area (Å²) in [5.74, 6) is 3.08. The third-order valence-corrected chi connectivity index (χ3v) is 7.08. The van der Waals surface area contributed by atoms with Crippen LogP contribution in [-0.4, -0.2) is 25.0 Å². The van der Waals surface area contributed by atoms with Crippen LogP contribution in [0.15, 0.2) is 39.9 Å². The standard InChI is InChI=1S/C20H20ClN5O2S2/c1-4-15-12(2)9-16(30-15)19-24-23-18(28-19)11-29-20-25-22-17(26(20)3)10-27-14-7-5-13(21)6-8-14/h5-9H,4,10-11H2,1-3H3. The highest BCUT2D eigenvalue weighted by Crippen LogP contribution is 2.31. The summed E-state index contributed by atoms with van der Waals surface area (Å²) in [5.41, 5.74) is 1.26. The Morgan fingerprint density at radius 1 is 1.17 bits per heavy atom. The molecule has 4 rings (SSSR count). The Balaban J connectivity index is 1.36. The number of benzene rings is 1. The van der Waals surface area contributed by atoms with Crippen molar-refractivity contribution in [2.75, 3.05) is 0 Å². The van der Waals surface area contributed by atoms with Gasteiger partial charge < -0.3 is 13.7 Å². The molecule has 0 saturated carbocycles. The van der Waals surface area contributed by atoms with E-state index in [4.69, 9.17) is 20.8 Å². The van der Waals surface area contributed by atoms with Gasteiger partial charge in [0, 0.05) is 16.9 Å². The number of halogens is 1. The first kappa shape index (κ1) is 20.9. The summed E-state index contributed by atoms with van der Waals surface area (Å²) in [5, 5.41) is 18.2. The fourth-order valence-corrected chi connectivity index (χ4v) is 4.72. The molecule has 0 bridgehead atoms. The molecule has 1 aromatic carbocycles. The lowest BCUT2D eigenvalue weighted by molar-refractivity contribution is 0.290. The van der Waals surface area contributed by atoms with E-state index in [9.17, 15) is 0 Å². The zero-order valence-electron chi connectivity index (χ0n) is 16.8. The number of thioether (sulfide) groups is 1. The van der Waals surface area contributed by atoms with Crippen molar-refractivity contribution in [3.8, 4) is 16.5 Å². The number of rotatable bonds is 8. The van der Waals surface area contributed by atoms with Gasteiger partial charge in [-0.3, -0.25) is 0 Å². The van der Waals surface area contributed by atoms with Crippen molar-refractivity contribution in [1.82, 2.24) is 25.0 Å². The normalized spacial score (nSPS) is 11.2. The maximum Gasteiger partial charge on any atom is 0.257 e. The molecule has 0 aliphatic carbocycles. The maximum absolute atomic E-state index is 5.89. The van der Waals surface area contributed by atoms with E-state index in [1.807, 2.05) is 23.7 Å². The lowest BCUT2D eigenvalue weighted by Gasteiger charge is -2.06. The minimum Gasteiger partial charge on any atom is -0.486 e. The molecule has 0 saturated heterocycles. The van der Waals surface area contributed by atoms with Crippen molar-refractivity contribution in [3.63, 3.8) is 0 Å². The number of aromatic nitrogens is 5. The largest absolute Gasteiger partial charge is 0.486 e. The monoisotopic (exact) mass is 461 g/mol. The smallest absolute Gasteiger partial charge is 0.257 e. The highest BCUT2D eigenvalue weighted by Gasteiger charge is 2.15. The van der Waals surface area contributed by atoms with Crippen molar-refractivity contribution in [2.45, 2.75) is 37.8 Å². The average molecular weight is 462 g/mol. The Morgan fingerprint density at radius 3 is 2.70 bits per heavy atom. The number of ether oxygens (including phenoxy) is 1. The van der Waals surface area contributed by atoms with Gasteiger partial charge in [0.05, 0.1) is 10.6 Å². The van der Waals surface area contributed by atoms with Crippen LogP contribution >= 0.6 is 34.7 Å². The summed E-state index contributed by atoms with van der Waals surface area (Å²) in [7, 11) is 1.91. The van der Waals surface area contributed by atoms with Crippen molar-refractivity contribution in [1.29, 1.82) is 0 Å². The molecule has 3 heterocycles. The van der Waals surface area contributed by atoms with Crippen LogP contribution in [0.4, 0.5) is 0 Å². The van der Waals surface area contributed by atoms with Gasteiger partial charge in [0.2, 0.25) is 5.89 Å². The van der Waals surface area contributed by atoms with Gasteiger partial charge >= 0.3 is 0 Å². The first-order valence-electron chi connectivity index (χ1n) is 9.35. The SMILES string of the molecule is CCc1sc(-c2nnc(CSc3nnc(COc4ccc(Cl)cc4)n3C)o2)cc1C. The van der Waals surface area contributed by atoms with Gasteiger partial charge in [-0.2, -0.15) is 0 Å². The fraction of sp³-hybridized carbons (Fsp3) is 0.300. The third kappa shape index (κ3) is 4.69. The van der Waals surface area contributed by atoms with Gasteiger partial charge in [0.1, 0.15) is 12.4 Å². The van der Waals surface area contributed by atoms with Gasteiger partial charge in [0.25, 0.3) is 5.89 Å². The molecule has 30 heavy (non-hydrogen) atoms. The molecule has 0 radical (unpaired) electrons. The van der Waals surface area contributed by atoms with Crippen LogP contribution in [0.5, 0.6) is 5.75 Å². The lowest BCUT2D eigenvalue weighted by atomic mass is 10.2. The Morgan fingerprint density at radius 2 is 1.97 bits per heavy atom. The molecule has 0 aliphatic rings. The van der Waals surface area contributed by atoms with E-state index >= 15 is 0 Å². The van der Waals surface area contributed by atoms with Crippen molar-refractivity contribution < 1.29 is 9.15 Å².